The van der Waals surface area contributed by atoms with Crippen LogP contribution in [0.25, 0.3) is 0 Å². The molecular formula is C23H30N2O2. The first-order valence-electron chi connectivity index (χ1n) is 9.30. The number of aryl methyl sites for hydroxylation is 3. The lowest BCUT2D eigenvalue weighted by Crippen LogP contribution is -2.38. The van der Waals surface area contributed by atoms with E-state index in [0.717, 1.165) is 28.9 Å². The lowest BCUT2D eigenvalue weighted by atomic mass is 9.91. The van der Waals surface area contributed by atoms with Gasteiger partial charge in [0.2, 0.25) is 5.78 Å². The van der Waals surface area contributed by atoms with Crippen molar-refractivity contribution in [2.24, 2.45) is 4.99 Å². The number of ether oxygens (including phenoxy) is 1. The van der Waals surface area contributed by atoms with Crippen molar-refractivity contribution < 1.29 is 9.53 Å². The minimum absolute atomic E-state index is 0.0363. The van der Waals surface area contributed by atoms with E-state index in [4.69, 9.17) is 4.74 Å². The predicted molar refractivity (Wildman–Crippen MR) is 113 cm³/mol. The summed E-state index contributed by atoms with van der Waals surface area (Å²) in [6.45, 7) is 12.5. The number of benzene rings is 2. The molecule has 0 radical (unpaired) electrons. The van der Waals surface area contributed by atoms with Gasteiger partial charge in [-0.2, -0.15) is 0 Å². The van der Waals surface area contributed by atoms with E-state index in [1.165, 1.54) is 0 Å². The van der Waals surface area contributed by atoms with Gasteiger partial charge >= 0.3 is 0 Å². The van der Waals surface area contributed by atoms with Crippen molar-refractivity contribution in [1.82, 2.24) is 4.90 Å². The molecule has 2 aromatic carbocycles. The van der Waals surface area contributed by atoms with Crippen LogP contribution in [0.5, 0.6) is 5.75 Å². The van der Waals surface area contributed by atoms with Crippen LogP contribution in [0.2, 0.25) is 0 Å². The molecule has 0 heterocycles. The van der Waals surface area contributed by atoms with Gasteiger partial charge in [0.05, 0.1) is 12.0 Å². The third kappa shape index (κ3) is 5.19. The van der Waals surface area contributed by atoms with Gasteiger partial charge in [0, 0.05) is 19.2 Å². The van der Waals surface area contributed by atoms with Crippen LogP contribution >= 0.6 is 0 Å². The lowest BCUT2D eigenvalue weighted by molar-refractivity contribution is 0.0583. The standard InChI is InChI=1S/C23H30N2O2/c1-8-25(7)15-24-21-14-17(3)20(13-18(21)4)22(26)23(5,6)27-19-11-9-10-16(2)12-19/h9-15H,8H2,1-7H3/b24-15-. The molecule has 0 saturated carbocycles. The van der Waals surface area contributed by atoms with Gasteiger partial charge in [-0.15, -0.1) is 0 Å². The summed E-state index contributed by atoms with van der Waals surface area (Å²) >= 11 is 0. The molecule has 2 rings (SSSR count). The van der Waals surface area contributed by atoms with Gasteiger partial charge in [0.15, 0.2) is 5.60 Å². The third-order valence-corrected chi connectivity index (χ3v) is 4.59. The zero-order chi connectivity index (χ0) is 20.2. The van der Waals surface area contributed by atoms with Gasteiger partial charge < -0.3 is 9.64 Å². The van der Waals surface area contributed by atoms with Crippen molar-refractivity contribution in [1.29, 1.82) is 0 Å². The van der Waals surface area contributed by atoms with Gasteiger partial charge in [-0.05, 0) is 82.5 Å². The Balaban J connectivity index is 2.29. The second-order valence-corrected chi connectivity index (χ2v) is 7.53. The summed E-state index contributed by atoms with van der Waals surface area (Å²) in [5.74, 6) is 0.664. The Labute approximate surface area is 162 Å². The van der Waals surface area contributed by atoms with E-state index in [9.17, 15) is 4.79 Å². The van der Waals surface area contributed by atoms with E-state index in [1.807, 2.05) is 89.3 Å². The topological polar surface area (TPSA) is 41.9 Å². The molecule has 2 aromatic rings. The Hall–Kier alpha value is -2.62. The van der Waals surface area contributed by atoms with Gasteiger partial charge in [0.1, 0.15) is 5.75 Å². The molecule has 0 aliphatic heterocycles. The average molecular weight is 367 g/mol. The summed E-state index contributed by atoms with van der Waals surface area (Å²) in [7, 11) is 1.98. The van der Waals surface area contributed by atoms with Crippen LogP contribution in [0.3, 0.4) is 0 Å². The number of hydrogen-bond acceptors (Lipinski definition) is 3. The number of carbonyl (C=O) groups is 1. The first kappa shape index (κ1) is 20.7. The molecule has 27 heavy (non-hydrogen) atoms. The van der Waals surface area contributed by atoms with Gasteiger partial charge in [0.25, 0.3) is 0 Å². The molecule has 0 unspecified atom stereocenters. The highest BCUT2D eigenvalue weighted by molar-refractivity contribution is 6.03. The van der Waals surface area contributed by atoms with Gasteiger partial charge in [-0.3, -0.25) is 4.79 Å². The highest BCUT2D eigenvalue weighted by atomic mass is 16.5. The molecule has 0 fully saturated rings. The van der Waals surface area contributed by atoms with Crippen LogP contribution in [0.4, 0.5) is 5.69 Å². The summed E-state index contributed by atoms with van der Waals surface area (Å²) < 4.78 is 6.03. The minimum Gasteiger partial charge on any atom is -0.480 e. The van der Waals surface area contributed by atoms with E-state index in [1.54, 1.807) is 0 Å². The Bertz CT molecular complexity index is 853. The molecule has 0 saturated heterocycles. The van der Waals surface area contributed by atoms with E-state index >= 15 is 0 Å². The molecule has 0 N–H and O–H groups in total. The van der Waals surface area contributed by atoms with E-state index < -0.39 is 5.60 Å². The number of ketones is 1. The maximum atomic E-state index is 13.2. The van der Waals surface area contributed by atoms with Crippen LogP contribution in [-0.2, 0) is 0 Å². The monoisotopic (exact) mass is 366 g/mol. The maximum absolute atomic E-state index is 13.2. The highest BCUT2D eigenvalue weighted by Crippen LogP contribution is 2.28. The predicted octanol–water partition coefficient (Wildman–Crippen LogP) is 5.26. The largest absolute Gasteiger partial charge is 0.480 e. The van der Waals surface area contributed by atoms with Crippen molar-refractivity contribution in [3.05, 3.63) is 58.7 Å². The number of nitrogens with zero attached hydrogens (tertiary/aromatic N) is 2. The fourth-order valence-corrected chi connectivity index (χ4v) is 2.77. The molecular weight excluding hydrogens is 336 g/mol. The van der Waals surface area contributed by atoms with Crippen LogP contribution in [-0.4, -0.2) is 36.2 Å². The number of aliphatic imine (C=N–C) groups is 1. The highest BCUT2D eigenvalue weighted by Gasteiger charge is 2.32. The van der Waals surface area contributed by atoms with Gasteiger partial charge in [-0.1, -0.05) is 12.1 Å². The zero-order valence-electron chi connectivity index (χ0n) is 17.5. The van der Waals surface area contributed by atoms with Crippen molar-refractivity contribution in [3.8, 4) is 5.75 Å². The molecule has 0 aromatic heterocycles. The average Bonchev–Trinajstić information content (AvgIpc) is 2.60. The lowest BCUT2D eigenvalue weighted by Gasteiger charge is -2.26. The van der Waals surface area contributed by atoms with Crippen molar-refractivity contribution >= 4 is 17.8 Å². The van der Waals surface area contributed by atoms with Crippen molar-refractivity contribution in [3.63, 3.8) is 0 Å². The second kappa shape index (κ2) is 8.38. The zero-order valence-corrected chi connectivity index (χ0v) is 17.5. The molecule has 144 valence electrons. The molecule has 0 bridgehead atoms. The SMILES string of the molecule is CCN(C)/C=N\c1cc(C)c(C(=O)C(C)(C)Oc2cccc(C)c2)cc1C. The van der Waals surface area contributed by atoms with Crippen LogP contribution in [0.1, 0.15) is 47.8 Å². The number of Topliss-reactive ketones (excluding diaryl/α,β-unsaturated/α-hetero) is 1. The smallest absolute Gasteiger partial charge is 0.206 e. The molecule has 4 heteroatoms. The Morgan fingerprint density at radius 1 is 1.15 bits per heavy atom. The molecule has 0 aliphatic carbocycles. The van der Waals surface area contributed by atoms with E-state index in [2.05, 4.69) is 11.9 Å². The van der Waals surface area contributed by atoms with Crippen molar-refractivity contribution in [2.75, 3.05) is 13.6 Å². The molecule has 0 spiro atoms. The summed E-state index contributed by atoms with van der Waals surface area (Å²) in [5, 5.41) is 0. The summed E-state index contributed by atoms with van der Waals surface area (Å²) in [4.78, 5) is 19.7. The molecule has 4 nitrogen and oxygen atoms in total. The Kier molecular flexibility index (Phi) is 6.42. The van der Waals surface area contributed by atoms with E-state index in [-0.39, 0.29) is 5.78 Å². The van der Waals surface area contributed by atoms with Crippen molar-refractivity contribution in [2.45, 2.75) is 47.1 Å². The van der Waals surface area contributed by atoms with E-state index in [0.29, 0.717) is 11.3 Å². The Morgan fingerprint density at radius 2 is 1.85 bits per heavy atom. The normalized spacial score (nSPS) is 11.7. The first-order valence-corrected chi connectivity index (χ1v) is 9.30. The Morgan fingerprint density at radius 3 is 2.48 bits per heavy atom. The number of carbonyl (C=O) groups excluding carboxylic acids is 1. The maximum Gasteiger partial charge on any atom is 0.206 e. The number of rotatable bonds is 7. The van der Waals surface area contributed by atoms with Gasteiger partial charge in [-0.25, -0.2) is 4.99 Å². The fourth-order valence-electron chi connectivity index (χ4n) is 2.77. The summed E-state index contributed by atoms with van der Waals surface area (Å²) in [5.41, 5.74) is 3.56. The minimum atomic E-state index is -0.960. The number of hydrogen-bond donors (Lipinski definition) is 0. The quantitative estimate of drug-likeness (QED) is 0.381. The summed E-state index contributed by atoms with van der Waals surface area (Å²) in [6.07, 6.45) is 1.81. The van der Waals surface area contributed by atoms with Crippen LogP contribution in [0, 0.1) is 20.8 Å². The molecule has 0 atom stereocenters. The van der Waals surface area contributed by atoms with Crippen LogP contribution < -0.4 is 4.74 Å². The third-order valence-electron chi connectivity index (χ3n) is 4.59. The first-order chi connectivity index (χ1) is 12.6. The summed E-state index contributed by atoms with van der Waals surface area (Å²) in [6, 6.07) is 11.6. The second-order valence-electron chi connectivity index (χ2n) is 7.53. The molecule has 0 aliphatic rings. The molecule has 0 amide bonds. The fraction of sp³-hybridized carbons (Fsp3) is 0.391. The van der Waals surface area contributed by atoms with Crippen LogP contribution in [0.15, 0.2) is 41.4 Å².